The summed E-state index contributed by atoms with van der Waals surface area (Å²) in [5.74, 6) is -5.94. The second-order valence-corrected chi connectivity index (χ2v) is 10.9. The molecule has 1 saturated carbocycles. The van der Waals surface area contributed by atoms with Crippen molar-refractivity contribution in [2.45, 2.75) is 45.1 Å². The molecule has 0 radical (unpaired) electrons. The molecule has 0 aromatic heterocycles. The second kappa shape index (κ2) is 12.9. The van der Waals surface area contributed by atoms with Crippen LogP contribution in [0.3, 0.4) is 0 Å². The monoisotopic (exact) mass is 620 g/mol. The number of hydrogen-bond acceptors (Lipinski definition) is 3. The molecule has 0 saturated heterocycles. The first kappa shape index (κ1) is 32.5. The van der Waals surface area contributed by atoms with Crippen LogP contribution in [-0.2, 0) is 6.18 Å². The van der Waals surface area contributed by atoms with Crippen molar-refractivity contribution in [1.29, 1.82) is 5.41 Å². The molecule has 1 aliphatic carbocycles. The highest BCUT2D eigenvalue weighted by atomic mass is 35.5. The number of alkyl halides is 6. The predicted octanol–water partition coefficient (Wildman–Crippen LogP) is 8.65. The van der Waals surface area contributed by atoms with E-state index in [0.29, 0.717) is 5.57 Å². The number of nitrogens with one attached hydrogen (secondary N) is 3. The van der Waals surface area contributed by atoms with Gasteiger partial charge >= 0.3 is 12.4 Å². The molecular formula is C28H28Cl2F6N4O. The van der Waals surface area contributed by atoms with Gasteiger partial charge in [0.1, 0.15) is 0 Å². The Morgan fingerprint density at radius 1 is 1.10 bits per heavy atom. The molecule has 5 nitrogen and oxygen atoms in total. The van der Waals surface area contributed by atoms with Gasteiger partial charge in [-0.3, -0.25) is 10.1 Å². The molecule has 2 aromatic rings. The number of amides is 1. The number of carbonyl (C=O) groups is 1. The highest BCUT2D eigenvalue weighted by molar-refractivity contribution is 6.37. The number of benzene rings is 2. The summed E-state index contributed by atoms with van der Waals surface area (Å²) in [6.07, 6.45) is -7.99. The third-order valence-electron chi connectivity index (χ3n) is 7.15. The van der Waals surface area contributed by atoms with Gasteiger partial charge in [0.2, 0.25) is 5.96 Å². The zero-order valence-corrected chi connectivity index (χ0v) is 23.5. The fourth-order valence-electron chi connectivity index (χ4n) is 5.17. The van der Waals surface area contributed by atoms with E-state index in [9.17, 15) is 31.1 Å². The molecule has 3 N–H and O–H groups in total. The summed E-state index contributed by atoms with van der Waals surface area (Å²) in [5.41, 5.74) is -0.820. The van der Waals surface area contributed by atoms with Gasteiger partial charge in [-0.25, -0.2) is 4.99 Å². The van der Waals surface area contributed by atoms with Crippen molar-refractivity contribution < 1.29 is 31.1 Å². The Labute approximate surface area is 243 Å². The third kappa shape index (κ3) is 8.03. The van der Waals surface area contributed by atoms with Gasteiger partial charge in [-0.1, -0.05) is 48.3 Å². The Hall–Kier alpha value is -3.05. The van der Waals surface area contributed by atoms with Crippen LogP contribution in [0.5, 0.6) is 0 Å². The van der Waals surface area contributed by atoms with Crippen molar-refractivity contribution in [1.82, 2.24) is 5.32 Å². The van der Waals surface area contributed by atoms with Gasteiger partial charge in [0.15, 0.2) is 0 Å². The molecule has 1 amide bonds. The fraction of sp³-hybridized carbons (Fsp3) is 0.393. The number of carbonyl (C=O) groups excluding carboxylic acids is 1. The Balaban J connectivity index is 2.12. The van der Waals surface area contributed by atoms with Crippen molar-refractivity contribution in [2.24, 2.45) is 28.7 Å². The molecule has 0 heterocycles. The maximum absolute atomic E-state index is 14.4. The van der Waals surface area contributed by atoms with Gasteiger partial charge in [0, 0.05) is 22.8 Å². The first-order chi connectivity index (χ1) is 19.0. The molecule has 222 valence electrons. The summed E-state index contributed by atoms with van der Waals surface area (Å²) >= 11 is 12.0. The highest BCUT2D eigenvalue weighted by Gasteiger charge is 2.52. The van der Waals surface area contributed by atoms with Crippen LogP contribution < -0.4 is 10.6 Å². The molecular weight excluding hydrogens is 593 g/mol. The molecule has 13 heteroatoms. The van der Waals surface area contributed by atoms with Gasteiger partial charge in [0.05, 0.1) is 28.1 Å². The molecule has 3 rings (SSSR count). The first-order valence-electron chi connectivity index (χ1n) is 12.5. The number of halogens is 8. The number of guanidine groups is 1. The second-order valence-electron chi connectivity index (χ2n) is 10.0. The van der Waals surface area contributed by atoms with Crippen LogP contribution in [-0.4, -0.2) is 30.3 Å². The lowest BCUT2D eigenvalue weighted by Crippen LogP contribution is -2.43. The van der Waals surface area contributed by atoms with Gasteiger partial charge in [-0.05, 0) is 68.0 Å². The number of allylic oxidation sites excluding steroid dienone is 1. The fourth-order valence-corrected chi connectivity index (χ4v) is 5.66. The molecule has 1 aliphatic rings. The molecule has 41 heavy (non-hydrogen) atoms. The lowest BCUT2D eigenvalue weighted by atomic mass is 9.76. The topological polar surface area (TPSA) is 77.3 Å². The van der Waals surface area contributed by atoms with Crippen molar-refractivity contribution in [3.8, 4) is 0 Å². The van der Waals surface area contributed by atoms with Crippen LogP contribution in [0, 0.1) is 29.1 Å². The average molecular weight is 621 g/mol. The minimum atomic E-state index is -4.67. The van der Waals surface area contributed by atoms with Crippen molar-refractivity contribution in [3.63, 3.8) is 0 Å². The summed E-state index contributed by atoms with van der Waals surface area (Å²) in [4.78, 5) is 17.6. The van der Waals surface area contributed by atoms with Crippen LogP contribution in [0.2, 0.25) is 10.0 Å². The summed E-state index contributed by atoms with van der Waals surface area (Å²) < 4.78 is 83.2. The Kier molecular flexibility index (Phi) is 10.2. The number of hydrogen-bond donors (Lipinski definition) is 3. The van der Waals surface area contributed by atoms with E-state index in [1.807, 2.05) is 0 Å². The summed E-state index contributed by atoms with van der Waals surface area (Å²) in [7, 11) is 0. The summed E-state index contributed by atoms with van der Waals surface area (Å²) in [6, 6.07) is 6.88. The first-order valence-corrected chi connectivity index (χ1v) is 13.3. The number of anilines is 1. The van der Waals surface area contributed by atoms with Crippen molar-refractivity contribution in [3.05, 3.63) is 75.8 Å². The van der Waals surface area contributed by atoms with Gasteiger partial charge in [0.25, 0.3) is 5.91 Å². The van der Waals surface area contributed by atoms with E-state index in [0.717, 1.165) is 24.4 Å². The van der Waals surface area contributed by atoms with Gasteiger partial charge in [-0.15, -0.1) is 0 Å². The van der Waals surface area contributed by atoms with E-state index in [-0.39, 0.29) is 34.1 Å². The van der Waals surface area contributed by atoms with E-state index in [2.05, 4.69) is 22.2 Å². The van der Waals surface area contributed by atoms with Crippen molar-refractivity contribution >= 4 is 47.0 Å². The molecule has 0 aliphatic heterocycles. The Morgan fingerprint density at radius 2 is 1.78 bits per heavy atom. The number of aliphatic imine (C=N–C) groups is 1. The standard InChI is InChI=1S/C28H28Cl2F6N4O/c1-14(2)20-9-7-16(13-37)24(15(3)23(20)28(34,35)36)39-26(38-19-6-4-5-17(11-19)27(31,32)33)40-25(41)21-10-8-18(29)12-22(21)30/h4-6,8,10-13,15-16,20,23-24,37H,1,7,9H2,2-3H3,(H2,38,39,40,41). The van der Waals surface area contributed by atoms with Crippen LogP contribution in [0.4, 0.5) is 32.0 Å². The Bertz CT molecular complexity index is 1330. The minimum absolute atomic E-state index is 0.0324. The van der Waals surface area contributed by atoms with E-state index >= 15 is 0 Å². The largest absolute Gasteiger partial charge is 0.416 e. The highest BCUT2D eigenvalue weighted by Crippen LogP contribution is 2.48. The maximum atomic E-state index is 14.4. The number of nitrogens with zero attached hydrogens (tertiary/aromatic N) is 1. The molecule has 1 fully saturated rings. The third-order valence-corrected chi connectivity index (χ3v) is 7.70. The normalized spacial score (nSPS) is 23.9. The molecule has 0 spiro atoms. The summed E-state index contributed by atoms with van der Waals surface area (Å²) in [5, 5.41) is 13.2. The lowest BCUT2D eigenvalue weighted by Gasteiger charge is -2.34. The molecule has 2 aromatic carbocycles. The van der Waals surface area contributed by atoms with Gasteiger partial charge in [-0.2, -0.15) is 26.3 Å². The smallest absolute Gasteiger partial charge is 0.326 e. The average Bonchev–Trinajstić information content (AvgIpc) is 2.99. The van der Waals surface area contributed by atoms with E-state index in [4.69, 9.17) is 28.6 Å². The van der Waals surface area contributed by atoms with Crippen LogP contribution in [0.15, 0.2) is 59.6 Å². The van der Waals surface area contributed by atoms with Crippen LogP contribution >= 0.6 is 23.2 Å². The minimum Gasteiger partial charge on any atom is -0.326 e. The summed E-state index contributed by atoms with van der Waals surface area (Å²) in [6.45, 7) is 6.64. The lowest BCUT2D eigenvalue weighted by molar-refractivity contribution is -0.199. The zero-order chi connectivity index (χ0) is 30.7. The Morgan fingerprint density at radius 3 is 2.34 bits per heavy atom. The quantitative estimate of drug-likeness (QED) is 0.103. The molecule has 5 unspecified atom stereocenters. The zero-order valence-electron chi connectivity index (χ0n) is 22.0. The van der Waals surface area contributed by atoms with E-state index in [1.54, 1.807) is 0 Å². The SMILES string of the molecule is C=C(C)C1CCC(C=N)C(N=C(NC(=O)c2ccc(Cl)cc2Cl)Nc2cccc(C(F)(F)F)c2)C(C)C1C(F)(F)F. The molecule has 5 atom stereocenters. The van der Waals surface area contributed by atoms with Crippen molar-refractivity contribution in [2.75, 3.05) is 5.32 Å². The predicted molar refractivity (Wildman–Crippen MR) is 149 cm³/mol. The maximum Gasteiger partial charge on any atom is 0.416 e. The van der Waals surface area contributed by atoms with Gasteiger partial charge < -0.3 is 10.7 Å². The van der Waals surface area contributed by atoms with Crippen LogP contribution in [0.25, 0.3) is 0 Å². The van der Waals surface area contributed by atoms with E-state index < -0.39 is 59.5 Å². The van der Waals surface area contributed by atoms with E-state index in [1.165, 1.54) is 38.1 Å². The van der Waals surface area contributed by atoms with Crippen LogP contribution in [0.1, 0.15) is 42.6 Å². The molecule has 0 bridgehead atoms. The number of rotatable bonds is 5.